The summed E-state index contributed by atoms with van der Waals surface area (Å²) in [5, 5.41) is 3.28. The van der Waals surface area contributed by atoms with Crippen LogP contribution in [-0.4, -0.2) is 51.2 Å². The van der Waals surface area contributed by atoms with E-state index >= 15 is 0 Å². The highest BCUT2D eigenvalue weighted by Crippen LogP contribution is 2.49. The van der Waals surface area contributed by atoms with Crippen molar-refractivity contribution in [2.45, 2.75) is 36.8 Å². The Labute approximate surface area is 184 Å². The molecule has 2 aromatic rings. The number of nitrogens with two attached hydrogens (primary N) is 1. The molecule has 4 N–H and O–H groups in total. The highest BCUT2D eigenvalue weighted by Gasteiger charge is 2.51. The highest BCUT2D eigenvalue weighted by atomic mass is 32.2. The lowest BCUT2D eigenvalue weighted by Crippen LogP contribution is -2.42. The van der Waals surface area contributed by atoms with Crippen molar-refractivity contribution in [1.82, 2.24) is 10.2 Å². The van der Waals surface area contributed by atoms with Crippen LogP contribution in [0.1, 0.15) is 36.4 Å². The fourth-order valence-electron chi connectivity index (χ4n) is 4.37. The number of carbonyl (C=O) groups excluding carboxylic acids is 1. The molecule has 2 fully saturated rings. The summed E-state index contributed by atoms with van der Waals surface area (Å²) < 4.78 is 25.7. The van der Waals surface area contributed by atoms with Crippen LogP contribution in [0.4, 0.5) is 5.69 Å². The number of nitrogens with one attached hydrogen (secondary N) is 2. The third-order valence-corrected chi connectivity index (χ3v) is 6.77. The van der Waals surface area contributed by atoms with Gasteiger partial charge in [-0.1, -0.05) is 42.5 Å². The maximum atomic E-state index is 13.5. The van der Waals surface area contributed by atoms with Gasteiger partial charge < -0.3 is 11.1 Å². The molecule has 2 aliphatic rings. The quantitative estimate of drug-likeness (QED) is 0.580. The number of hydrogen-bond donors (Lipinski definition) is 3. The molecular weight excluding hydrogens is 412 g/mol. The second-order valence-corrected chi connectivity index (χ2v) is 10.5. The molecule has 7 nitrogen and oxygen atoms in total. The summed E-state index contributed by atoms with van der Waals surface area (Å²) in [5.41, 5.74) is 7.86. The van der Waals surface area contributed by atoms with Crippen molar-refractivity contribution in [3.63, 3.8) is 0 Å². The van der Waals surface area contributed by atoms with Crippen LogP contribution in [0, 0.1) is 0 Å². The molecule has 0 aromatic heterocycles. The lowest BCUT2D eigenvalue weighted by Gasteiger charge is -2.27. The summed E-state index contributed by atoms with van der Waals surface area (Å²) in [6.45, 7) is 2.49. The first-order valence-electron chi connectivity index (χ1n) is 10.7. The zero-order chi connectivity index (χ0) is 22.1. The van der Waals surface area contributed by atoms with E-state index in [1.165, 1.54) is 0 Å². The Morgan fingerprint density at radius 2 is 1.94 bits per heavy atom. The number of amides is 1. The SMILES string of the molecule is CS(=O)(=O)Nc1cccc(C2(C(=O)NC(CN3CCC(N)C3)c3ccccc3)CC2)c1. The van der Waals surface area contributed by atoms with Crippen molar-refractivity contribution in [3.05, 3.63) is 65.7 Å². The van der Waals surface area contributed by atoms with Gasteiger partial charge in [0.2, 0.25) is 15.9 Å². The molecule has 0 radical (unpaired) electrons. The number of rotatable bonds is 8. The molecule has 1 heterocycles. The smallest absolute Gasteiger partial charge is 0.231 e. The van der Waals surface area contributed by atoms with Crippen LogP contribution in [0.5, 0.6) is 0 Å². The van der Waals surface area contributed by atoms with Crippen LogP contribution in [0.3, 0.4) is 0 Å². The number of hydrogen-bond acceptors (Lipinski definition) is 5. The van der Waals surface area contributed by atoms with Gasteiger partial charge in [0, 0.05) is 24.8 Å². The molecule has 2 atom stereocenters. The minimum Gasteiger partial charge on any atom is -0.347 e. The molecule has 2 aromatic carbocycles. The zero-order valence-electron chi connectivity index (χ0n) is 17.8. The maximum absolute atomic E-state index is 13.5. The number of anilines is 1. The summed E-state index contributed by atoms with van der Waals surface area (Å²) in [4.78, 5) is 15.8. The summed E-state index contributed by atoms with van der Waals surface area (Å²) in [7, 11) is -3.38. The van der Waals surface area contributed by atoms with Crippen molar-refractivity contribution < 1.29 is 13.2 Å². The third-order valence-electron chi connectivity index (χ3n) is 6.16. The fraction of sp³-hybridized carbons (Fsp3) is 0.435. The van der Waals surface area contributed by atoms with Gasteiger partial charge in [0.1, 0.15) is 0 Å². The van der Waals surface area contributed by atoms with E-state index in [1.807, 2.05) is 36.4 Å². The summed E-state index contributed by atoms with van der Waals surface area (Å²) >= 11 is 0. The molecule has 31 heavy (non-hydrogen) atoms. The van der Waals surface area contributed by atoms with Crippen LogP contribution in [0.25, 0.3) is 0 Å². The molecular formula is C23H30N4O3S. The van der Waals surface area contributed by atoms with Crippen molar-refractivity contribution in [3.8, 4) is 0 Å². The lowest BCUT2D eigenvalue weighted by atomic mass is 9.93. The van der Waals surface area contributed by atoms with Crippen LogP contribution in [0.15, 0.2) is 54.6 Å². The maximum Gasteiger partial charge on any atom is 0.231 e. The zero-order valence-corrected chi connectivity index (χ0v) is 18.6. The van der Waals surface area contributed by atoms with E-state index < -0.39 is 15.4 Å². The van der Waals surface area contributed by atoms with Crippen LogP contribution >= 0.6 is 0 Å². The van der Waals surface area contributed by atoms with E-state index in [0.29, 0.717) is 5.69 Å². The molecule has 2 unspecified atom stereocenters. The van der Waals surface area contributed by atoms with Gasteiger partial charge in [0.15, 0.2) is 0 Å². The Hall–Kier alpha value is -2.42. The normalized spacial score (nSPS) is 21.4. The number of likely N-dealkylation sites (tertiary alicyclic amines) is 1. The Kier molecular flexibility index (Phi) is 6.05. The van der Waals surface area contributed by atoms with Gasteiger partial charge >= 0.3 is 0 Å². The molecule has 1 saturated carbocycles. The average molecular weight is 443 g/mol. The second-order valence-electron chi connectivity index (χ2n) is 8.78. The predicted octanol–water partition coefficient (Wildman–Crippen LogP) is 1.98. The molecule has 4 rings (SSSR count). The van der Waals surface area contributed by atoms with E-state index in [0.717, 1.165) is 56.3 Å². The fourth-order valence-corrected chi connectivity index (χ4v) is 4.92. The molecule has 8 heteroatoms. The van der Waals surface area contributed by atoms with E-state index in [-0.39, 0.29) is 18.0 Å². The number of nitrogens with zero attached hydrogens (tertiary/aromatic N) is 1. The van der Waals surface area contributed by atoms with Gasteiger partial charge in [-0.3, -0.25) is 14.4 Å². The van der Waals surface area contributed by atoms with Gasteiger partial charge in [-0.25, -0.2) is 8.42 Å². The van der Waals surface area contributed by atoms with Crippen LogP contribution in [-0.2, 0) is 20.2 Å². The minimum atomic E-state index is -3.38. The van der Waals surface area contributed by atoms with E-state index in [1.54, 1.807) is 18.2 Å². The van der Waals surface area contributed by atoms with Gasteiger partial charge in [-0.2, -0.15) is 0 Å². The monoisotopic (exact) mass is 442 g/mol. The largest absolute Gasteiger partial charge is 0.347 e. The Morgan fingerprint density at radius 1 is 1.19 bits per heavy atom. The summed E-state index contributed by atoms with van der Waals surface area (Å²) in [6, 6.07) is 17.2. The topological polar surface area (TPSA) is 105 Å². The van der Waals surface area contributed by atoms with Crippen molar-refractivity contribution >= 4 is 21.6 Å². The van der Waals surface area contributed by atoms with Crippen LogP contribution in [0.2, 0.25) is 0 Å². The standard InChI is InChI=1S/C23H30N4O3S/c1-31(29,30)26-20-9-5-8-18(14-20)23(11-12-23)22(28)25-21(17-6-3-2-4-7-17)16-27-13-10-19(24)15-27/h2-9,14,19,21,26H,10-13,15-16,24H2,1H3,(H,25,28). The first-order chi connectivity index (χ1) is 14.7. The highest BCUT2D eigenvalue weighted by molar-refractivity contribution is 7.92. The first-order valence-corrected chi connectivity index (χ1v) is 12.6. The lowest BCUT2D eigenvalue weighted by molar-refractivity contribution is -0.124. The van der Waals surface area contributed by atoms with Gasteiger partial charge in [0.25, 0.3) is 0 Å². The van der Waals surface area contributed by atoms with E-state index in [9.17, 15) is 13.2 Å². The molecule has 166 valence electrons. The Bertz CT molecular complexity index is 1040. The van der Waals surface area contributed by atoms with Gasteiger partial charge in [-0.15, -0.1) is 0 Å². The van der Waals surface area contributed by atoms with Crippen molar-refractivity contribution in [2.75, 3.05) is 30.6 Å². The van der Waals surface area contributed by atoms with E-state index in [4.69, 9.17) is 5.73 Å². The molecule has 1 amide bonds. The summed E-state index contributed by atoms with van der Waals surface area (Å²) in [6.07, 6.45) is 3.59. The number of carbonyl (C=O) groups is 1. The molecule has 0 spiro atoms. The summed E-state index contributed by atoms with van der Waals surface area (Å²) in [5.74, 6) is -0.0126. The Balaban J connectivity index is 1.53. The van der Waals surface area contributed by atoms with Gasteiger partial charge in [-0.05, 0) is 49.1 Å². The van der Waals surface area contributed by atoms with E-state index in [2.05, 4.69) is 14.9 Å². The van der Waals surface area contributed by atoms with Crippen molar-refractivity contribution in [1.29, 1.82) is 0 Å². The third kappa shape index (κ3) is 5.26. The number of sulfonamides is 1. The predicted molar refractivity (Wildman–Crippen MR) is 122 cm³/mol. The average Bonchev–Trinajstić information content (AvgIpc) is 3.44. The molecule has 1 aliphatic carbocycles. The van der Waals surface area contributed by atoms with Crippen LogP contribution < -0.4 is 15.8 Å². The molecule has 1 aliphatic heterocycles. The minimum absolute atomic E-state index is 0.0126. The Morgan fingerprint density at radius 3 is 2.55 bits per heavy atom. The second kappa shape index (κ2) is 8.61. The number of benzene rings is 2. The molecule has 1 saturated heterocycles. The van der Waals surface area contributed by atoms with Gasteiger partial charge in [0.05, 0.1) is 17.7 Å². The first kappa shape index (κ1) is 21.8. The molecule has 0 bridgehead atoms. The van der Waals surface area contributed by atoms with Crippen molar-refractivity contribution in [2.24, 2.45) is 5.73 Å².